The average molecular weight is 233 g/mol. The molecular formula is C12H15NO2Si. The molecule has 0 spiro atoms. The van der Waals surface area contributed by atoms with Crippen molar-refractivity contribution in [3.63, 3.8) is 0 Å². The fourth-order valence-corrected chi connectivity index (χ4v) is 3.09. The quantitative estimate of drug-likeness (QED) is 0.580. The van der Waals surface area contributed by atoms with E-state index in [1.807, 2.05) is 0 Å². The lowest BCUT2D eigenvalue weighted by Crippen LogP contribution is -2.43. The minimum atomic E-state index is -1.46. The Balaban J connectivity index is 2.36. The smallest absolute Gasteiger partial charge is 0.261 e. The van der Waals surface area contributed by atoms with Crippen LogP contribution in [0.3, 0.4) is 0 Å². The van der Waals surface area contributed by atoms with Crippen LogP contribution in [0.1, 0.15) is 20.7 Å². The van der Waals surface area contributed by atoms with Crippen LogP contribution in [0.4, 0.5) is 0 Å². The van der Waals surface area contributed by atoms with E-state index in [-0.39, 0.29) is 11.8 Å². The predicted molar refractivity (Wildman–Crippen MR) is 65.2 cm³/mol. The molecule has 3 nitrogen and oxygen atoms in total. The van der Waals surface area contributed by atoms with Crippen molar-refractivity contribution in [3.8, 4) is 0 Å². The molecule has 0 bridgehead atoms. The highest BCUT2D eigenvalue weighted by Gasteiger charge is 2.37. The average Bonchev–Trinajstić information content (AvgIpc) is 2.43. The third-order valence-electron chi connectivity index (χ3n) is 2.51. The van der Waals surface area contributed by atoms with Gasteiger partial charge in [0.15, 0.2) is 0 Å². The molecule has 16 heavy (non-hydrogen) atoms. The fraction of sp³-hybridized carbons (Fsp3) is 0.333. The Labute approximate surface area is 96.1 Å². The Hall–Kier alpha value is -1.42. The first kappa shape index (κ1) is 11.1. The van der Waals surface area contributed by atoms with E-state index in [1.165, 1.54) is 4.90 Å². The fourth-order valence-electron chi connectivity index (χ4n) is 1.86. The second kappa shape index (κ2) is 3.56. The lowest BCUT2D eigenvalue weighted by Gasteiger charge is -2.22. The molecule has 0 fully saturated rings. The second-order valence-electron chi connectivity index (χ2n) is 5.30. The number of carbonyl (C=O) groups is 2. The summed E-state index contributed by atoms with van der Waals surface area (Å²) in [5, 5.41) is 0. The molecule has 1 aromatic rings. The standard InChI is InChI=1S/C12H15NO2Si/c1-16(2,3)8-13-11(14)9-6-4-5-7-10(9)12(13)15/h4-7H,8H2,1-3H3. The van der Waals surface area contributed by atoms with E-state index in [0.717, 1.165) is 0 Å². The Morgan fingerprint density at radius 1 is 1.00 bits per heavy atom. The number of hydrogen-bond donors (Lipinski definition) is 0. The molecule has 1 aliphatic rings. The zero-order valence-corrected chi connectivity index (χ0v) is 10.8. The predicted octanol–water partition coefficient (Wildman–Crippen LogP) is 2.16. The second-order valence-corrected chi connectivity index (χ2v) is 10.7. The zero-order valence-electron chi connectivity index (χ0n) is 9.78. The Bertz CT molecular complexity index is 427. The van der Waals surface area contributed by atoms with Crippen LogP contribution in [-0.2, 0) is 0 Å². The van der Waals surface area contributed by atoms with Crippen molar-refractivity contribution >= 4 is 19.9 Å². The molecule has 1 aromatic carbocycles. The minimum absolute atomic E-state index is 0.136. The van der Waals surface area contributed by atoms with Crippen LogP contribution in [0.25, 0.3) is 0 Å². The molecule has 0 saturated carbocycles. The van der Waals surface area contributed by atoms with Crippen LogP contribution < -0.4 is 0 Å². The molecule has 0 aliphatic carbocycles. The van der Waals surface area contributed by atoms with E-state index in [2.05, 4.69) is 19.6 Å². The molecule has 0 saturated heterocycles. The molecule has 4 heteroatoms. The molecule has 2 rings (SSSR count). The van der Waals surface area contributed by atoms with Crippen molar-refractivity contribution in [3.05, 3.63) is 35.4 Å². The highest BCUT2D eigenvalue weighted by atomic mass is 28.3. The van der Waals surface area contributed by atoms with Gasteiger partial charge < -0.3 is 0 Å². The summed E-state index contributed by atoms with van der Waals surface area (Å²) in [7, 11) is -1.46. The SMILES string of the molecule is C[Si](C)(C)CN1C(=O)c2ccccc2C1=O. The molecule has 0 radical (unpaired) electrons. The van der Waals surface area contributed by atoms with Gasteiger partial charge in [0.1, 0.15) is 0 Å². The monoisotopic (exact) mass is 233 g/mol. The molecule has 0 N–H and O–H groups in total. The maximum Gasteiger partial charge on any atom is 0.261 e. The third kappa shape index (κ3) is 1.80. The van der Waals surface area contributed by atoms with Crippen LogP contribution in [-0.4, -0.2) is 31.0 Å². The number of fused-ring (bicyclic) bond motifs is 1. The topological polar surface area (TPSA) is 37.4 Å². The van der Waals surface area contributed by atoms with Crippen LogP contribution >= 0.6 is 0 Å². The Morgan fingerprint density at radius 3 is 1.81 bits per heavy atom. The molecule has 0 unspecified atom stereocenters. The van der Waals surface area contributed by atoms with Crippen molar-refractivity contribution in [2.75, 3.05) is 6.17 Å². The van der Waals surface area contributed by atoms with E-state index in [0.29, 0.717) is 17.3 Å². The lowest BCUT2D eigenvalue weighted by molar-refractivity contribution is 0.0678. The van der Waals surface area contributed by atoms with E-state index >= 15 is 0 Å². The molecular weight excluding hydrogens is 218 g/mol. The summed E-state index contributed by atoms with van der Waals surface area (Å²) >= 11 is 0. The number of hydrogen-bond acceptors (Lipinski definition) is 2. The summed E-state index contributed by atoms with van der Waals surface area (Å²) < 4.78 is 0. The first-order valence-electron chi connectivity index (χ1n) is 5.35. The van der Waals surface area contributed by atoms with Gasteiger partial charge in [0.2, 0.25) is 0 Å². The van der Waals surface area contributed by atoms with Gasteiger partial charge in [0.05, 0.1) is 19.2 Å². The first-order chi connectivity index (χ1) is 7.40. The molecule has 84 valence electrons. The first-order valence-corrected chi connectivity index (χ1v) is 9.06. The number of amides is 2. The molecule has 0 atom stereocenters. The minimum Gasteiger partial charge on any atom is -0.277 e. The van der Waals surface area contributed by atoms with Gasteiger partial charge in [-0.2, -0.15) is 0 Å². The Kier molecular flexibility index (Phi) is 2.46. The van der Waals surface area contributed by atoms with Crippen molar-refractivity contribution in [2.24, 2.45) is 0 Å². The Morgan fingerprint density at radius 2 is 1.44 bits per heavy atom. The lowest BCUT2D eigenvalue weighted by atomic mass is 10.1. The van der Waals surface area contributed by atoms with E-state index in [4.69, 9.17) is 0 Å². The number of imide groups is 1. The summed E-state index contributed by atoms with van der Waals surface area (Å²) in [6, 6.07) is 7.03. The van der Waals surface area contributed by atoms with Gasteiger partial charge in [-0.1, -0.05) is 31.8 Å². The van der Waals surface area contributed by atoms with Gasteiger partial charge in [-0.05, 0) is 12.1 Å². The van der Waals surface area contributed by atoms with Crippen LogP contribution in [0.2, 0.25) is 19.6 Å². The maximum atomic E-state index is 12.0. The van der Waals surface area contributed by atoms with Crippen LogP contribution in [0.5, 0.6) is 0 Å². The van der Waals surface area contributed by atoms with Crippen molar-refractivity contribution in [1.82, 2.24) is 4.90 Å². The summed E-state index contributed by atoms with van der Waals surface area (Å²) in [6.07, 6.45) is 0.597. The number of benzene rings is 1. The van der Waals surface area contributed by atoms with Crippen molar-refractivity contribution in [2.45, 2.75) is 19.6 Å². The van der Waals surface area contributed by atoms with Crippen LogP contribution in [0, 0.1) is 0 Å². The van der Waals surface area contributed by atoms with Gasteiger partial charge in [-0.15, -0.1) is 0 Å². The highest BCUT2D eigenvalue weighted by Crippen LogP contribution is 2.23. The largest absolute Gasteiger partial charge is 0.277 e. The van der Waals surface area contributed by atoms with Crippen molar-refractivity contribution in [1.29, 1.82) is 0 Å². The highest BCUT2D eigenvalue weighted by molar-refractivity contribution is 6.76. The van der Waals surface area contributed by atoms with Gasteiger partial charge in [-0.3, -0.25) is 14.5 Å². The number of nitrogens with zero attached hydrogens (tertiary/aromatic N) is 1. The maximum absolute atomic E-state index is 12.0. The van der Waals surface area contributed by atoms with E-state index < -0.39 is 8.07 Å². The van der Waals surface area contributed by atoms with Gasteiger partial charge in [-0.25, -0.2) is 0 Å². The number of carbonyl (C=O) groups excluding carboxylic acids is 2. The molecule has 1 aliphatic heterocycles. The van der Waals surface area contributed by atoms with Crippen molar-refractivity contribution < 1.29 is 9.59 Å². The summed E-state index contributed by atoms with van der Waals surface area (Å²) in [4.78, 5) is 25.4. The van der Waals surface area contributed by atoms with Crippen LogP contribution in [0.15, 0.2) is 24.3 Å². The van der Waals surface area contributed by atoms with Gasteiger partial charge in [0.25, 0.3) is 11.8 Å². The zero-order chi connectivity index (χ0) is 11.9. The summed E-state index contributed by atoms with van der Waals surface area (Å²) in [5.74, 6) is -0.272. The summed E-state index contributed by atoms with van der Waals surface area (Å²) in [6.45, 7) is 6.45. The van der Waals surface area contributed by atoms with E-state index in [1.54, 1.807) is 24.3 Å². The van der Waals surface area contributed by atoms with Gasteiger partial charge in [0, 0.05) is 6.17 Å². The normalized spacial score (nSPS) is 15.6. The van der Waals surface area contributed by atoms with E-state index in [9.17, 15) is 9.59 Å². The summed E-state index contributed by atoms with van der Waals surface area (Å²) in [5.41, 5.74) is 1.09. The van der Waals surface area contributed by atoms with Gasteiger partial charge >= 0.3 is 0 Å². The molecule has 1 heterocycles. The molecule has 2 amide bonds. The third-order valence-corrected chi connectivity index (χ3v) is 3.78. The molecule has 0 aromatic heterocycles. The number of rotatable bonds is 2.